The van der Waals surface area contributed by atoms with Gasteiger partial charge in [0, 0.05) is 24.1 Å². The highest BCUT2D eigenvalue weighted by atomic mass is 35.5. The molecule has 4 N–H and O–H groups in total. The summed E-state index contributed by atoms with van der Waals surface area (Å²) < 4.78 is 0. The second-order valence-corrected chi connectivity index (χ2v) is 5.15. The summed E-state index contributed by atoms with van der Waals surface area (Å²) in [5.74, 6) is -0.227. The van der Waals surface area contributed by atoms with Gasteiger partial charge in [-0.25, -0.2) is 0 Å². The molecule has 0 spiro atoms. The summed E-state index contributed by atoms with van der Waals surface area (Å²) in [7, 11) is 0. The second-order valence-electron chi connectivity index (χ2n) is 4.74. The Hall–Kier alpha value is -1.26. The topological polar surface area (TPSA) is 75.3 Å². The number of nitrogen functional groups attached to an aromatic ring is 1. The average Bonchev–Trinajstić information content (AvgIpc) is 2.30. The highest BCUT2D eigenvalue weighted by Gasteiger charge is 2.18. The Morgan fingerprint density at radius 3 is 2.71 bits per heavy atom. The lowest BCUT2D eigenvalue weighted by Gasteiger charge is -2.21. The fourth-order valence-corrected chi connectivity index (χ4v) is 1.28. The molecule has 0 bridgehead atoms. The fourth-order valence-electron chi connectivity index (χ4n) is 1.16. The Kier molecular flexibility index (Phi) is 4.37. The van der Waals surface area contributed by atoms with E-state index in [1.54, 1.807) is 12.1 Å². The molecule has 0 fully saturated rings. The largest absolute Gasteiger partial charge is 0.398 e. The first-order valence-electron chi connectivity index (χ1n) is 5.30. The number of carbonyl (C=O) groups excluding carboxylic acids is 1. The number of hydrogen-bond acceptors (Lipinski definition) is 3. The Balaban J connectivity index is 2.68. The van der Waals surface area contributed by atoms with Gasteiger partial charge < -0.3 is 16.2 Å². The van der Waals surface area contributed by atoms with Gasteiger partial charge in [-0.2, -0.15) is 0 Å². The maximum absolute atomic E-state index is 11.8. The highest BCUT2D eigenvalue weighted by Crippen LogP contribution is 2.19. The molecule has 5 heteroatoms. The Morgan fingerprint density at radius 1 is 1.53 bits per heavy atom. The van der Waals surface area contributed by atoms with Crippen LogP contribution >= 0.6 is 11.6 Å². The number of aliphatic hydroxyl groups is 1. The number of anilines is 1. The van der Waals surface area contributed by atoms with Crippen molar-refractivity contribution >= 4 is 23.2 Å². The zero-order valence-corrected chi connectivity index (χ0v) is 10.7. The molecular weight excluding hydrogens is 240 g/mol. The molecule has 4 nitrogen and oxygen atoms in total. The summed E-state index contributed by atoms with van der Waals surface area (Å²) in [6.45, 7) is 4.13. The third-order valence-electron chi connectivity index (χ3n) is 2.41. The van der Waals surface area contributed by atoms with Crippen molar-refractivity contribution in [2.45, 2.75) is 13.8 Å². The van der Waals surface area contributed by atoms with E-state index in [0.717, 1.165) is 0 Å². The van der Waals surface area contributed by atoms with E-state index in [0.29, 0.717) is 22.8 Å². The van der Waals surface area contributed by atoms with Crippen LogP contribution in [0.5, 0.6) is 0 Å². The zero-order chi connectivity index (χ0) is 13.1. The number of hydrogen-bond donors (Lipinski definition) is 3. The minimum absolute atomic E-state index is 0.00996. The normalized spacial score (nSPS) is 11.3. The lowest BCUT2D eigenvalue weighted by molar-refractivity contribution is 0.0911. The summed E-state index contributed by atoms with van der Waals surface area (Å²) in [5, 5.41) is 12.2. The molecule has 0 aliphatic heterocycles. The molecule has 0 radical (unpaired) electrons. The standard InChI is InChI=1S/C12H17ClN2O2/c1-12(2,7-16)6-15-11(17)8-3-4-9(13)10(14)5-8/h3-5,16H,6-7,14H2,1-2H3,(H,15,17). The van der Waals surface area contributed by atoms with Crippen LogP contribution in [0.2, 0.25) is 5.02 Å². The summed E-state index contributed by atoms with van der Waals surface area (Å²) in [5.41, 5.74) is 6.11. The number of aliphatic hydroxyl groups excluding tert-OH is 1. The molecule has 1 rings (SSSR count). The number of nitrogens with two attached hydrogens (primary N) is 1. The number of rotatable bonds is 4. The summed E-state index contributed by atoms with van der Waals surface area (Å²) in [6, 6.07) is 4.73. The number of amides is 1. The molecule has 0 aliphatic rings. The van der Waals surface area contributed by atoms with Crippen molar-refractivity contribution < 1.29 is 9.90 Å². The van der Waals surface area contributed by atoms with E-state index in [2.05, 4.69) is 5.32 Å². The van der Waals surface area contributed by atoms with E-state index in [9.17, 15) is 4.79 Å². The van der Waals surface area contributed by atoms with Gasteiger partial charge in [-0.05, 0) is 18.2 Å². The maximum atomic E-state index is 11.8. The fraction of sp³-hybridized carbons (Fsp3) is 0.417. The van der Waals surface area contributed by atoms with E-state index >= 15 is 0 Å². The van der Waals surface area contributed by atoms with Crippen LogP contribution in [-0.4, -0.2) is 24.2 Å². The molecule has 1 amide bonds. The van der Waals surface area contributed by atoms with Crippen LogP contribution in [0.25, 0.3) is 0 Å². The van der Waals surface area contributed by atoms with Crippen LogP contribution in [0.3, 0.4) is 0 Å². The Labute approximate surface area is 106 Å². The van der Waals surface area contributed by atoms with Crippen molar-refractivity contribution in [3.05, 3.63) is 28.8 Å². The van der Waals surface area contributed by atoms with Gasteiger partial charge in [-0.15, -0.1) is 0 Å². The summed E-state index contributed by atoms with van der Waals surface area (Å²) >= 11 is 5.77. The second kappa shape index (κ2) is 5.38. The lowest BCUT2D eigenvalue weighted by atomic mass is 9.95. The minimum atomic E-state index is -0.340. The van der Waals surface area contributed by atoms with E-state index in [1.165, 1.54) is 6.07 Å². The first-order chi connectivity index (χ1) is 7.85. The Bertz CT molecular complexity index is 419. The third kappa shape index (κ3) is 3.91. The smallest absolute Gasteiger partial charge is 0.251 e. The van der Waals surface area contributed by atoms with Gasteiger partial charge in [0.1, 0.15) is 0 Å². The molecule has 0 atom stereocenters. The van der Waals surface area contributed by atoms with Crippen LogP contribution in [0.15, 0.2) is 18.2 Å². The molecule has 1 aromatic carbocycles. The van der Waals surface area contributed by atoms with Gasteiger partial charge in [0.25, 0.3) is 5.91 Å². The van der Waals surface area contributed by atoms with Crippen molar-refractivity contribution in [2.24, 2.45) is 5.41 Å². The van der Waals surface area contributed by atoms with Crippen molar-refractivity contribution in [1.29, 1.82) is 0 Å². The monoisotopic (exact) mass is 256 g/mol. The molecular formula is C12H17ClN2O2. The predicted octanol–water partition coefficient (Wildman–Crippen LogP) is 1.67. The molecule has 0 saturated heterocycles. The van der Waals surface area contributed by atoms with Crippen molar-refractivity contribution in [3.63, 3.8) is 0 Å². The first-order valence-corrected chi connectivity index (χ1v) is 5.67. The van der Waals surface area contributed by atoms with Crippen LogP contribution in [0, 0.1) is 5.41 Å². The predicted molar refractivity (Wildman–Crippen MR) is 69.1 cm³/mol. The lowest BCUT2D eigenvalue weighted by Crippen LogP contribution is -2.36. The minimum Gasteiger partial charge on any atom is -0.398 e. The molecule has 0 saturated carbocycles. The molecule has 1 aromatic rings. The molecule has 0 aromatic heterocycles. The van der Waals surface area contributed by atoms with Crippen molar-refractivity contribution in [1.82, 2.24) is 5.32 Å². The zero-order valence-electron chi connectivity index (χ0n) is 9.96. The third-order valence-corrected chi connectivity index (χ3v) is 2.76. The highest BCUT2D eigenvalue weighted by molar-refractivity contribution is 6.33. The van der Waals surface area contributed by atoms with Gasteiger partial charge >= 0.3 is 0 Å². The van der Waals surface area contributed by atoms with Gasteiger partial charge in [-0.1, -0.05) is 25.4 Å². The van der Waals surface area contributed by atoms with Crippen molar-refractivity contribution in [2.75, 3.05) is 18.9 Å². The van der Waals surface area contributed by atoms with Gasteiger partial charge in [0.15, 0.2) is 0 Å². The molecule has 17 heavy (non-hydrogen) atoms. The molecule has 0 heterocycles. The van der Waals surface area contributed by atoms with E-state index in [1.807, 2.05) is 13.8 Å². The number of halogens is 1. The summed E-state index contributed by atoms with van der Waals surface area (Å²) in [4.78, 5) is 11.8. The van der Waals surface area contributed by atoms with E-state index < -0.39 is 0 Å². The van der Waals surface area contributed by atoms with Crippen LogP contribution in [0.4, 0.5) is 5.69 Å². The van der Waals surface area contributed by atoms with E-state index in [4.69, 9.17) is 22.4 Å². The van der Waals surface area contributed by atoms with Gasteiger partial charge in [0.05, 0.1) is 10.7 Å². The Morgan fingerprint density at radius 2 is 2.18 bits per heavy atom. The number of nitrogens with one attached hydrogen (secondary N) is 1. The van der Waals surface area contributed by atoms with Crippen LogP contribution < -0.4 is 11.1 Å². The van der Waals surface area contributed by atoms with E-state index in [-0.39, 0.29) is 17.9 Å². The van der Waals surface area contributed by atoms with Gasteiger partial charge in [0.2, 0.25) is 0 Å². The molecule has 0 unspecified atom stereocenters. The van der Waals surface area contributed by atoms with Crippen molar-refractivity contribution in [3.8, 4) is 0 Å². The maximum Gasteiger partial charge on any atom is 0.251 e. The number of benzene rings is 1. The average molecular weight is 257 g/mol. The molecule has 0 aliphatic carbocycles. The van der Waals surface area contributed by atoms with Gasteiger partial charge in [-0.3, -0.25) is 4.79 Å². The SMILES string of the molecule is CC(C)(CO)CNC(=O)c1ccc(Cl)c(N)c1. The molecule has 94 valence electrons. The quantitative estimate of drug-likeness (QED) is 0.718. The first kappa shape index (κ1) is 13.8. The van der Waals surface area contributed by atoms with Crippen LogP contribution in [-0.2, 0) is 0 Å². The number of carbonyl (C=O) groups is 1. The van der Waals surface area contributed by atoms with Crippen LogP contribution in [0.1, 0.15) is 24.2 Å². The summed E-state index contributed by atoms with van der Waals surface area (Å²) in [6.07, 6.45) is 0.